The van der Waals surface area contributed by atoms with E-state index in [9.17, 15) is 0 Å². The van der Waals surface area contributed by atoms with Crippen molar-refractivity contribution in [3.05, 3.63) is 29.3 Å². The summed E-state index contributed by atoms with van der Waals surface area (Å²) < 4.78 is 5.78. The van der Waals surface area contributed by atoms with Gasteiger partial charge in [-0.2, -0.15) is 0 Å². The lowest BCUT2D eigenvalue weighted by Gasteiger charge is -2.18. The van der Waals surface area contributed by atoms with Crippen LogP contribution in [0, 0.1) is 5.92 Å². The molecular formula is C14H20ClNO. The minimum Gasteiger partial charge on any atom is -0.492 e. The number of nitrogens with one attached hydrogen (secondary N) is 1. The van der Waals surface area contributed by atoms with Gasteiger partial charge in [-0.15, -0.1) is 0 Å². The molecule has 1 aliphatic carbocycles. The SMILES string of the molecule is CCNC(COc1ccc(Cl)cc1)CC1CC1. The molecule has 0 aromatic heterocycles. The molecule has 0 aliphatic heterocycles. The first-order valence-corrected chi connectivity index (χ1v) is 6.77. The summed E-state index contributed by atoms with van der Waals surface area (Å²) >= 11 is 5.83. The van der Waals surface area contributed by atoms with Gasteiger partial charge in [-0.1, -0.05) is 31.4 Å². The molecule has 0 bridgehead atoms. The Hall–Kier alpha value is -0.730. The Morgan fingerprint density at radius 2 is 2.06 bits per heavy atom. The lowest BCUT2D eigenvalue weighted by molar-refractivity contribution is 0.253. The van der Waals surface area contributed by atoms with Crippen LogP contribution in [0.1, 0.15) is 26.2 Å². The summed E-state index contributed by atoms with van der Waals surface area (Å²) in [5, 5.41) is 4.23. The van der Waals surface area contributed by atoms with Gasteiger partial charge in [0.05, 0.1) is 0 Å². The largest absolute Gasteiger partial charge is 0.492 e. The Balaban J connectivity index is 1.78. The van der Waals surface area contributed by atoms with Crippen molar-refractivity contribution in [1.82, 2.24) is 5.32 Å². The number of rotatable bonds is 7. The topological polar surface area (TPSA) is 21.3 Å². The number of hydrogen-bond acceptors (Lipinski definition) is 2. The summed E-state index contributed by atoms with van der Waals surface area (Å²) in [6.07, 6.45) is 4.02. The summed E-state index contributed by atoms with van der Waals surface area (Å²) in [7, 11) is 0. The molecule has 1 N–H and O–H groups in total. The second kappa shape index (κ2) is 6.27. The standard InChI is InChI=1S/C14H20ClNO/c1-2-16-13(9-11-3-4-11)10-17-14-7-5-12(15)6-8-14/h5-8,11,13,16H,2-4,9-10H2,1H3. The molecule has 1 aromatic carbocycles. The lowest BCUT2D eigenvalue weighted by Crippen LogP contribution is -2.35. The molecule has 0 spiro atoms. The van der Waals surface area contributed by atoms with Crippen molar-refractivity contribution in [3.63, 3.8) is 0 Å². The van der Waals surface area contributed by atoms with Crippen molar-refractivity contribution in [3.8, 4) is 5.75 Å². The molecule has 0 amide bonds. The summed E-state index contributed by atoms with van der Waals surface area (Å²) in [6, 6.07) is 8.04. The Morgan fingerprint density at radius 1 is 1.35 bits per heavy atom. The highest BCUT2D eigenvalue weighted by Gasteiger charge is 2.25. The van der Waals surface area contributed by atoms with Gasteiger partial charge in [0, 0.05) is 11.1 Å². The van der Waals surface area contributed by atoms with Gasteiger partial charge < -0.3 is 10.1 Å². The number of benzene rings is 1. The van der Waals surface area contributed by atoms with Crippen molar-refractivity contribution < 1.29 is 4.74 Å². The van der Waals surface area contributed by atoms with E-state index in [1.54, 1.807) is 0 Å². The Bertz CT molecular complexity index is 335. The monoisotopic (exact) mass is 253 g/mol. The first-order chi connectivity index (χ1) is 8.28. The zero-order valence-electron chi connectivity index (χ0n) is 10.3. The van der Waals surface area contributed by atoms with Crippen LogP contribution in [0.3, 0.4) is 0 Å². The van der Waals surface area contributed by atoms with Gasteiger partial charge in [0.2, 0.25) is 0 Å². The minimum absolute atomic E-state index is 0.475. The van der Waals surface area contributed by atoms with Gasteiger partial charge in [-0.25, -0.2) is 0 Å². The first-order valence-electron chi connectivity index (χ1n) is 6.39. The summed E-state index contributed by atoms with van der Waals surface area (Å²) in [5.41, 5.74) is 0. The lowest BCUT2D eigenvalue weighted by atomic mass is 10.1. The number of hydrogen-bond donors (Lipinski definition) is 1. The smallest absolute Gasteiger partial charge is 0.119 e. The van der Waals surface area contributed by atoms with E-state index in [-0.39, 0.29) is 0 Å². The zero-order chi connectivity index (χ0) is 12.1. The van der Waals surface area contributed by atoms with Crippen molar-refractivity contribution >= 4 is 11.6 Å². The Labute approximate surface area is 108 Å². The fraction of sp³-hybridized carbons (Fsp3) is 0.571. The number of ether oxygens (including phenoxy) is 1. The molecule has 0 heterocycles. The first kappa shape index (κ1) is 12.7. The third kappa shape index (κ3) is 4.57. The Kier molecular flexibility index (Phi) is 4.69. The van der Waals surface area contributed by atoms with Crippen molar-refractivity contribution in [1.29, 1.82) is 0 Å². The molecule has 0 saturated heterocycles. The maximum atomic E-state index is 5.83. The molecule has 2 nitrogen and oxygen atoms in total. The molecule has 1 saturated carbocycles. The van der Waals surface area contributed by atoms with E-state index in [2.05, 4.69) is 12.2 Å². The van der Waals surface area contributed by atoms with E-state index in [0.29, 0.717) is 6.04 Å². The minimum atomic E-state index is 0.475. The highest BCUT2D eigenvalue weighted by molar-refractivity contribution is 6.30. The van der Waals surface area contributed by atoms with Crippen molar-refractivity contribution in [2.45, 2.75) is 32.2 Å². The van der Waals surface area contributed by atoms with E-state index in [0.717, 1.165) is 29.8 Å². The second-order valence-electron chi connectivity index (χ2n) is 4.70. The van der Waals surface area contributed by atoms with Crippen LogP contribution in [0.5, 0.6) is 5.75 Å². The van der Waals surface area contributed by atoms with Gasteiger partial charge in [0.1, 0.15) is 12.4 Å². The average Bonchev–Trinajstić information content (AvgIpc) is 3.12. The zero-order valence-corrected chi connectivity index (χ0v) is 11.0. The summed E-state index contributed by atoms with van der Waals surface area (Å²) in [4.78, 5) is 0. The van der Waals surface area contributed by atoms with Crippen LogP contribution in [-0.4, -0.2) is 19.2 Å². The highest BCUT2D eigenvalue weighted by atomic mass is 35.5. The fourth-order valence-corrected chi connectivity index (χ4v) is 2.11. The second-order valence-corrected chi connectivity index (χ2v) is 5.14. The molecule has 17 heavy (non-hydrogen) atoms. The van der Waals surface area contributed by atoms with Crippen LogP contribution in [0.4, 0.5) is 0 Å². The highest BCUT2D eigenvalue weighted by Crippen LogP contribution is 2.33. The van der Waals surface area contributed by atoms with E-state index >= 15 is 0 Å². The Morgan fingerprint density at radius 3 is 2.65 bits per heavy atom. The predicted molar refractivity (Wildman–Crippen MR) is 71.8 cm³/mol. The normalized spacial score (nSPS) is 16.8. The molecule has 1 aromatic rings. The quantitative estimate of drug-likeness (QED) is 0.803. The molecule has 2 rings (SSSR count). The molecule has 3 heteroatoms. The van der Waals surface area contributed by atoms with Crippen LogP contribution in [0.2, 0.25) is 5.02 Å². The van der Waals surface area contributed by atoms with Gasteiger partial charge >= 0.3 is 0 Å². The summed E-state index contributed by atoms with van der Waals surface area (Å²) in [5.74, 6) is 1.82. The molecular weight excluding hydrogens is 234 g/mol. The van der Waals surface area contributed by atoms with Gasteiger partial charge in [-0.05, 0) is 43.1 Å². The predicted octanol–water partition coefficient (Wildman–Crippen LogP) is 3.50. The molecule has 1 fully saturated rings. The maximum absolute atomic E-state index is 5.83. The van der Waals surface area contributed by atoms with Crippen LogP contribution in [0.25, 0.3) is 0 Å². The third-order valence-corrected chi connectivity index (χ3v) is 3.32. The van der Waals surface area contributed by atoms with Crippen LogP contribution >= 0.6 is 11.6 Å². The van der Waals surface area contributed by atoms with Crippen molar-refractivity contribution in [2.75, 3.05) is 13.2 Å². The van der Waals surface area contributed by atoms with Crippen LogP contribution in [-0.2, 0) is 0 Å². The summed E-state index contributed by atoms with van der Waals surface area (Å²) in [6.45, 7) is 3.88. The van der Waals surface area contributed by atoms with Gasteiger partial charge in [0.25, 0.3) is 0 Å². The van der Waals surface area contributed by atoms with E-state index in [1.165, 1.54) is 19.3 Å². The van der Waals surface area contributed by atoms with E-state index in [4.69, 9.17) is 16.3 Å². The maximum Gasteiger partial charge on any atom is 0.119 e. The molecule has 94 valence electrons. The van der Waals surface area contributed by atoms with Gasteiger partial charge in [0.15, 0.2) is 0 Å². The van der Waals surface area contributed by atoms with Crippen LogP contribution < -0.4 is 10.1 Å². The molecule has 1 aliphatic rings. The number of likely N-dealkylation sites (N-methyl/N-ethyl adjacent to an activating group) is 1. The van der Waals surface area contributed by atoms with Gasteiger partial charge in [-0.3, -0.25) is 0 Å². The van der Waals surface area contributed by atoms with E-state index < -0.39 is 0 Å². The van der Waals surface area contributed by atoms with Crippen molar-refractivity contribution in [2.24, 2.45) is 5.92 Å². The molecule has 0 radical (unpaired) electrons. The molecule has 1 atom stereocenters. The molecule has 1 unspecified atom stereocenters. The number of halogens is 1. The average molecular weight is 254 g/mol. The van der Waals surface area contributed by atoms with Crippen LogP contribution in [0.15, 0.2) is 24.3 Å². The third-order valence-electron chi connectivity index (χ3n) is 3.07. The van der Waals surface area contributed by atoms with E-state index in [1.807, 2.05) is 24.3 Å². The fourth-order valence-electron chi connectivity index (χ4n) is 1.98.